The van der Waals surface area contributed by atoms with Crippen LogP contribution in [-0.2, 0) is 4.79 Å². The van der Waals surface area contributed by atoms with Gasteiger partial charge in [0.05, 0.1) is 12.6 Å². The van der Waals surface area contributed by atoms with Gasteiger partial charge in [-0.25, -0.2) is 0 Å². The molecule has 0 aromatic carbocycles. The first-order valence-corrected chi connectivity index (χ1v) is 8.01. The third-order valence-electron chi connectivity index (χ3n) is 4.10. The first-order valence-electron chi connectivity index (χ1n) is 8.01. The second kappa shape index (κ2) is 9.32. The normalized spacial score (nSPS) is 19.6. The topological polar surface area (TPSA) is 47.0 Å². The van der Waals surface area contributed by atoms with Crippen molar-refractivity contribution < 1.29 is 9.90 Å². The molecule has 1 fully saturated rings. The summed E-state index contributed by atoms with van der Waals surface area (Å²) in [6, 6.07) is 0. The Labute approximate surface area is 123 Å². The third kappa shape index (κ3) is 5.77. The minimum atomic E-state index is -0.223. The highest BCUT2D eigenvalue weighted by Gasteiger charge is 2.20. The summed E-state index contributed by atoms with van der Waals surface area (Å²) in [6.45, 7) is 12.8. The zero-order valence-electron chi connectivity index (χ0n) is 13.3. The number of amides is 1. The van der Waals surface area contributed by atoms with Crippen LogP contribution in [0.2, 0.25) is 0 Å². The smallest absolute Gasteiger partial charge is 0.236 e. The van der Waals surface area contributed by atoms with Gasteiger partial charge in [-0.2, -0.15) is 0 Å². The highest BCUT2D eigenvalue weighted by atomic mass is 16.3. The SMILES string of the molecule is CCC(O)CN1CCCN(CC(=O)N(CC)CC)CC1. The molecular formula is C15H31N3O2. The van der Waals surface area contributed by atoms with E-state index in [1.165, 1.54) is 0 Å². The average Bonchev–Trinajstić information content (AvgIpc) is 2.65. The zero-order chi connectivity index (χ0) is 15.0. The van der Waals surface area contributed by atoms with Gasteiger partial charge in [-0.05, 0) is 39.8 Å². The minimum absolute atomic E-state index is 0.223. The van der Waals surface area contributed by atoms with Gasteiger partial charge in [-0.1, -0.05) is 6.92 Å². The van der Waals surface area contributed by atoms with Crippen molar-refractivity contribution in [1.29, 1.82) is 0 Å². The molecule has 118 valence electrons. The minimum Gasteiger partial charge on any atom is -0.392 e. The van der Waals surface area contributed by atoms with Crippen LogP contribution in [0.25, 0.3) is 0 Å². The number of hydrogen-bond donors (Lipinski definition) is 1. The predicted octanol–water partition coefficient (Wildman–Crippen LogP) is 0.633. The van der Waals surface area contributed by atoms with Gasteiger partial charge in [-0.3, -0.25) is 14.6 Å². The average molecular weight is 285 g/mol. The molecule has 0 aromatic heterocycles. The van der Waals surface area contributed by atoms with Crippen molar-refractivity contribution in [3.05, 3.63) is 0 Å². The van der Waals surface area contributed by atoms with Crippen LogP contribution in [0.1, 0.15) is 33.6 Å². The van der Waals surface area contributed by atoms with Crippen molar-refractivity contribution in [2.75, 3.05) is 52.4 Å². The van der Waals surface area contributed by atoms with Gasteiger partial charge in [0.2, 0.25) is 5.91 Å². The van der Waals surface area contributed by atoms with Crippen molar-refractivity contribution in [1.82, 2.24) is 14.7 Å². The largest absolute Gasteiger partial charge is 0.392 e. The molecule has 1 N–H and O–H groups in total. The third-order valence-corrected chi connectivity index (χ3v) is 4.10. The fraction of sp³-hybridized carbons (Fsp3) is 0.933. The monoisotopic (exact) mass is 285 g/mol. The molecule has 0 aromatic rings. The molecule has 1 amide bonds. The number of aliphatic hydroxyl groups is 1. The standard InChI is InChI=1S/C15H31N3O2/c1-4-14(19)12-16-8-7-9-17(11-10-16)13-15(20)18(5-2)6-3/h14,19H,4-13H2,1-3H3. The molecule has 0 radical (unpaired) electrons. The number of likely N-dealkylation sites (N-methyl/N-ethyl adjacent to an activating group) is 1. The van der Waals surface area contributed by atoms with E-state index >= 15 is 0 Å². The van der Waals surface area contributed by atoms with Gasteiger partial charge in [0.15, 0.2) is 0 Å². The fourth-order valence-electron chi connectivity index (χ4n) is 2.66. The first kappa shape index (κ1) is 17.4. The number of aliphatic hydroxyl groups excluding tert-OH is 1. The Hall–Kier alpha value is -0.650. The number of carbonyl (C=O) groups is 1. The van der Waals surface area contributed by atoms with Crippen LogP contribution in [0, 0.1) is 0 Å². The van der Waals surface area contributed by atoms with E-state index in [1.54, 1.807) is 0 Å². The summed E-state index contributed by atoms with van der Waals surface area (Å²) in [7, 11) is 0. The van der Waals surface area contributed by atoms with Crippen LogP contribution in [0.5, 0.6) is 0 Å². The van der Waals surface area contributed by atoms with Crippen molar-refractivity contribution in [2.45, 2.75) is 39.7 Å². The Balaban J connectivity index is 2.38. The summed E-state index contributed by atoms with van der Waals surface area (Å²) in [5.74, 6) is 0.233. The van der Waals surface area contributed by atoms with Gasteiger partial charge in [0.1, 0.15) is 0 Å². The van der Waals surface area contributed by atoms with E-state index in [2.05, 4.69) is 9.80 Å². The van der Waals surface area contributed by atoms with E-state index in [4.69, 9.17) is 0 Å². The fourth-order valence-corrected chi connectivity index (χ4v) is 2.66. The summed E-state index contributed by atoms with van der Waals surface area (Å²) >= 11 is 0. The quantitative estimate of drug-likeness (QED) is 0.745. The van der Waals surface area contributed by atoms with E-state index in [9.17, 15) is 9.90 Å². The van der Waals surface area contributed by atoms with Crippen LogP contribution < -0.4 is 0 Å². The Morgan fingerprint density at radius 3 is 2.30 bits per heavy atom. The molecule has 5 heteroatoms. The summed E-state index contributed by atoms with van der Waals surface area (Å²) in [5, 5.41) is 9.73. The lowest BCUT2D eigenvalue weighted by Crippen LogP contribution is -2.42. The van der Waals surface area contributed by atoms with E-state index in [0.29, 0.717) is 6.54 Å². The van der Waals surface area contributed by atoms with Crippen LogP contribution >= 0.6 is 0 Å². The molecule has 1 heterocycles. The second-order valence-corrected chi connectivity index (χ2v) is 5.56. The van der Waals surface area contributed by atoms with Crippen LogP contribution in [0.15, 0.2) is 0 Å². The molecule has 1 aliphatic rings. The van der Waals surface area contributed by atoms with E-state index in [1.807, 2.05) is 25.7 Å². The van der Waals surface area contributed by atoms with Crippen LogP contribution in [-0.4, -0.2) is 84.2 Å². The van der Waals surface area contributed by atoms with Crippen molar-refractivity contribution in [3.63, 3.8) is 0 Å². The van der Waals surface area contributed by atoms with E-state index in [0.717, 1.165) is 58.7 Å². The van der Waals surface area contributed by atoms with Crippen molar-refractivity contribution in [3.8, 4) is 0 Å². The molecular weight excluding hydrogens is 254 g/mol. The highest BCUT2D eigenvalue weighted by molar-refractivity contribution is 5.78. The Morgan fingerprint density at radius 1 is 1.10 bits per heavy atom. The Kier molecular flexibility index (Phi) is 8.11. The molecule has 20 heavy (non-hydrogen) atoms. The van der Waals surface area contributed by atoms with Crippen LogP contribution in [0.4, 0.5) is 0 Å². The number of rotatable bonds is 7. The maximum absolute atomic E-state index is 12.1. The lowest BCUT2D eigenvalue weighted by molar-refractivity contribution is -0.132. The summed E-state index contributed by atoms with van der Waals surface area (Å²) < 4.78 is 0. The van der Waals surface area contributed by atoms with Gasteiger partial charge >= 0.3 is 0 Å². The van der Waals surface area contributed by atoms with Gasteiger partial charge in [-0.15, -0.1) is 0 Å². The van der Waals surface area contributed by atoms with Gasteiger partial charge in [0.25, 0.3) is 0 Å². The first-order chi connectivity index (χ1) is 9.60. The molecule has 0 aliphatic carbocycles. The lowest BCUT2D eigenvalue weighted by atomic mass is 10.2. The molecule has 1 unspecified atom stereocenters. The molecule has 1 aliphatic heterocycles. The number of nitrogens with zero attached hydrogens (tertiary/aromatic N) is 3. The van der Waals surface area contributed by atoms with Crippen molar-refractivity contribution in [2.24, 2.45) is 0 Å². The summed E-state index contributed by atoms with van der Waals surface area (Å²) in [6.07, 6.45) is 1.65. The predicted molar refractivity (Wildman–Crippen MR) is 81.7 cm³/mol. The molecule has 0 bridgehead atoms. The summed E-state index contributed by atoms with van der Waals surface area (Å²) in [4.78, 5) is 18.6. The van der Waals surface area contributed by atoms with Crippen molar-refractivity contribution >= 4 is 5.91 Å². The highest BCUT2D eigenvalue weighted by Crippen LogP contribution is 2.06. The second-order valence-electron chi connectivity index (χ2n) is 5.56. The maximum Gasteiger partial charge on any atom is 0.236 e. The van der Waals surface area contributed by atoms with Gasteiger partial charge < -0.3 is 10.0 Å². The Morgan fingerprint density at radius 2 is 1.70 bits per heavy atom. The molecule has 5 nitrogen and oxygen atoms in total. The number of hydrogen-bond acceptors (Lipinski definition) is 4. The number of β-amino-alcohol motifs (C(OH)–C–C–N with tert-alkyl or cyclic N) is 1. The maximum atomic E-state index is 12.1. The molecule has 0 spiro atoms. The molecule has 1 saturated heterocycles. The van der Waals surface area contributed by atoms with Gasteiger partial charge in [0, 0.05) is 32.7 Å². The number of carbonyl (C=O) groups excluding carboxylic acids is 1. The molecule has 0 saturated carbocycles. The van der Waals surface area contributed by atoms with E-state index < -0.39 is 0 Å². The lowest BCUT2D eigenvalue weighted by Gasteiger charge is -2.25. The Bertz CT molecular complexity index is 282. The van der Waals surface area contributed by atoms with Crippen LogP contribution in [0.3, 0.4) is 0 Å². The summed E-state index contributed by atoms with van der Waals surface area (Å²) in [5.41, 5.74) is 0. The molecule has 1 rings (SSSR count). The van der Waals surface area contributed by atoms with E-state index in [-0.39, 0.29) is 12.0 Å². The zero-order valence-corrected chi connectivity index (χ0v) is 13.3. The molecule has 1 atom stereocenters.